The molecule has 0 radical (unpaired) electrons. The van der Waals surface area contributed by atoms with Crippen LogP contribution in [0.25, 0.3) is 10.4 Å². The SMILES string of the molecule is CS(=O)(=O)NCCNC(=O)c1cc2c(s1)-c1ccccc1CC2. The highest BCUT2D eigenvalue weighted by Gasteiger charge is 2.21. The zero-order valence-electron chi connectivity index (χ0n) is 12.8. The van der Waals surface area contributed by atoms with Gasteiger partial charge in [0.05, 0.1) is 11.1 Å². The summed E-state index contributed by atoms with van der Waals surface area (Å²) >= 11 is 1.50. The lowest BCUT2D eigenvalue weighted by atomic mass is 9.91. The van der Waals surface area contributed by atoms with Crippen molar-refractivity contribution in [3.8, 4) is 10.4 Å². The summed E-state index contributed by atoms with van der Waals surface area (Å²) in [5, 5.41) is 2.75. The highest BCUT2D eigenvalue weighted by molar-refractivity contribution is 7.88. The van der Waals surface area contributed by atoms with Crippen molar-refractivity contribution in [3.63, 3.8) is 0 Å². The van der Waals surface area contributed by atoms with Crippen LogP contribution in [0.3, 0.4) is 0 Å². The summed E-state index contributed by atoms with van der Waals surface area (Å²) in [6.45, 7) is 0.462. The van der Waals surface area contributed by atoms with Gasteiger partial charge < -0.3 is 5.32 Å². The molecule has 2 aromatic rings. The second kappa shape index (κ2) is 6.43. The molecule has 0 spiro atoms. The first kappa shape index (κ1) is 16.2. The Morgan fingerprint density at radius 1 is 1.17 bits per heavy atom. The molecule has 2 N–H and O–H groups in total. The van der Waals surface area contributed by atoms with Crippen LogP contribution in [0.4, 0.5) is 0 Å². The lowest BCUT2D eigenvalue weighted by molar-refractivity contribution is 0.0958. The van der Waals surface area contributed by atoms with Gasteiger partial charge in [0, 0.05) is 18.0 Å². The standard InChI is InChI=1S/C16H18N2O3S2/c1-23(20,21)18-9-8-17-16(19)14-10-12-7-6-11-4-2-3-5-13(11)15(12)22-14/h2-5,10,18H,6-9H2,1H3,(H,17,19). The Bertz CT molecular complexity index is 841. The number of thiophene rings is 1. The highest BCUT2D eigenvalue weighted by Crippen LogP contribution is 2.39. The number of benzene rings is 1. The Kier molecular flexibility index (Phi) is 4.52. The largest absolute Gasteiger partial charge is 0.350 e. The molecule has 7 heteroatoms. The maximum atomic E-state index is 12.2. The molecule has 0 bridgehead atoms. The van der Waals surface area contributed by atoms with Crippen LogP contribution in [0, 0.1) is 0 Å². The normalized spacial score (nSPS) is 13.3. The molecule has 1 aliphatic carbocycles. The minimum atomic E-state index is -3.22. The maximum Gasteiger partial charge on any atom is 0.261 e. The van der Waals surface area contributed by atoms with Gasteiger partial charge in [-0.2, -0.15) is 0 Å². The molecule has 5 nitrogen and oxygen atoms in total. The van der Waals surface area contributed by atoms with Gasteiger partial charge in [-0.1, -0.05) is 24.3 Å². The van der Waals surface area contributed by atoms with Crippen LogP contribution in [0.5, 0.6) is 0 Å². The topological polar surface area (TPSA) is 75.3 Å². The van der Waals surface area contributed by atoms with Crippen LogP contribution in [-0.4, -0.2) is 33.7 Å². The molecule has 23 heavy (non-hydrogen) atoms. The number of sulfonamides is 1. The Balaban J connectivity index is 1.69. The fourth-order valence-electron chi connectivity index (χ4n) is 2.68. The van der Waals surface area contributed by atoms with Gasteiger partial charge in [0.25, 0.3) is 5.91 Å². The smallest absolute Gasteiger partial charge is 0.261 e. The molecule has 1 aromatic heterocycles. The molecular weight excluding hydrogens is 332 g/mol. The fraction of sp³-hybridized carbons (Fsp3) is 0.312. The number of hydrogen-bond acceptors (Lipinski definition) is 4. The van der Waals surface area contributed by atoms with Crippen molar-refractivity contribution in [2.45, 2.75) is 12.8 Å². The van der Waals surface area contributed by atoms with Gasteiger partial charge in [-0.05, 0) is 35.6 Å². The Morgan fingerprint density at radius 2 is 1.91 bits per heavy atom. The van der Waals surface area contributed by atoms with Crippen LogP contribution in [0.1, 0.15) is 20.8 Å². The number of amides is 1. The lowest BCUT2D eigenvalue weighted by Gasteiger charge is -2.15. The van der Waals surface area contributed by atoms with Crippen molar-refractivity contribution in [2.75, 3.05) is 19.3 Å². The summed E-state index contributed by atoms with van der Waals surface area (Å²) in [6.07, 6.45) is 3.05. The maximum absolute atomic E-state index is 12.2. The molecule has 1 aliphatic rings. The number of hydrogen-bond donors (Lipinski definition) is 2. The molecule has 0 saturated carbocycles. The molecular formula is C16H18N2O3S2. The van der Waals surface area contributed by atoms with Gasteiger partial charge in [-0.25, -0.2) is 13.1 Å². The number of nitrogens with one attached hydrogen (secondary N) is 2. The van der Waals surface area contributed by atoms with Gasteiger partial charge in [-0.3, -0.25) is 4.79 Å². The van der Waals surface area contributed by atoms with Crippen molar-refractivity contribution in [3.05, 3.63) is 46.3 Å². The van der Waals surface area contributed by atoms with E-state index in [1.807, 2.05) is 18.2 Å². The van der Waals surface area contributed by atoms with Crippen molar-refractivity contribution >= 4 is 27.3 Å². The summed E-state index contributed by atoms with van der Waals surface area (Å²) < 4.78 is 24.3. The molecule has 3 rings (SSSR count). The molecule has 0 atom stereocenters. The molecule has 1 aromatic carbocycles. The van der Waals surface area contributed by atoms with E-state index in [4.69, 9.17) is 0 Å². The summed E-state index contributed by atoms with van der Waals surface area (Å²) in [5.74, 6) is -0.155. The Labute approximate surface area is 139 Å². The van der Waals surface area contributed by atoms with Crippen LogP contribution < -0.4 is 10.0 Å². The first-order chi connectivity index (χ1) is 10.9. The fourth-order valence-corrected chi connectivity index (χ4v) is 4.34. The highest BCUT2D eigenvalue weighted by atomic mass is 32.2. The quantitative estimate of drug-likeness (QED) is 0.808. The van der Waals surface area contributed by atoms with E-state index in [-0.39, 0.29) is 19.0 Å². The zero-order chi connectivity index (χ0) is 16.4. The van der Waals surface area contributed by atoms with Gasteiger partial charge in [-0.15, -0.1) is 11.3 Å². The monoisotopic (exact) mass is 350 g/mol. The van der Waals surface area contributed by atoms with Gasteiger partial charge in [0.1, 0.15) is 0 Å². The summed E-state index contributed by atoms with van der Waals surface area (Å²) in [7, 11) is -3.22. The molecule has 0 unspecified atom stereocenters. The minimum absolute atomic E-state index is 0.155. The Hall–Kier alpha value is -1.70. The van der Waals surface area contributed by atoms with E-state index in [0.29, 0.717) is 4.88 Å². The number of carbonyl (C=O) groups excluding carboxylic acids is 1. The van der Waals surface area contributed by atoms with Gasteiger partial charge >= 0.3 is 0 Å². The first-order valence-corrected chi connectivity index (χ1v) is 10.1. The number of aryl methyl sites for hydroxylation is 2. The van der Waals surface area contributed by atoms with Crippen molar-refractivity contribution in [1.29, 1.82) is 0 Å². The summed E-state index contributed by atoms with van der Waals surface area (Å²) in [5.41, 5.74) is 3.76. The van der Waals surface area contributed by atoms with Crippen LogP contribution in [0.2, 0.25) is 0 Å². The molecule has 0 saturated heterocycles. The van der Waals surface area contributed by atoms with Crippen LogP contribution in [0.15, 0.2) is 30.3 Å². The third-order valence-electron chi connectivity index (χ3n) is 3.73. The van der Waals surface area contributed by atoms with Crippen LogP contribution >= 0.6 is 11.3 Å². The van der Waals surface area contributed by atoms with E-state index in [9.17, 15) is 13.2 Å². The molecule has 1 amide bonds. The van der Waals surface area contributed by atoms with E-state index >= 15 is 0 Å². The predicted molar refractivity (Wildman–Crippen MR) is 92.3 cm³/mol. The van der Waals surface area contributed by atoms with E-state index < -0.39 is 10.0 Å². The van der Waals surface area contributed by atoms with E-state index in [2.05, 4.69) is 22.2 Å². The van der Waals surface area contributed by atoms with E-state index in [0.717, 1.165) is 19.1 Å². The first-order valence-electron chi connectivity index (χ1n) is 7.38. The average Bonchev–Trinajstić information content (AvgIpc) is 2.95. The number of rotatable bonds is 5. The zero-order valence-corrected chi connectivity index (χ0v) is 14.4. The lowest BCUT2D eigenvalue weighted by Crippen LogP contribution is -2.33. The number of carbonyl (C=O) groups is 1. The summed E-state index contributed by atoms with van der Waals surface area (Å²) in [6, 6.07) is 10.2. The van der Waals surface area contributed by atoms with Crippen LogP contribution in [-0.2, 0) is 22.9 Å². The third kappa shape index (κ3) is 3.80. The molecule has 1 heterocycles. The molecule has 122 valence electrons. The van der Waals surface area contributed by atoms with Gasteiger partial charge in [0.2, 0.25) is 10.0 Å². The third-order valence-corrected chi connectivity index (χ3v) is 5.67. The van der Waals surface area contributed by atoms with Crippen molar-refractivity contribution < 1.29 is 13.2 Å². The molecule has 0 aliphatic heterocycles. The second-order valence-corrected chi connectivity index (χ2v) is 8.43. The van der Waals surface area contributed by atoms with E-state index in [1.54, 1.807) is 0 Å². The summed E-state index contributed by atoms with van der Waals surface area (Å²) in [4.78, 5) is 14.1. The number of fused-ring (bicyclic) bond motifs is 3. The van der Waals surface area contributed by atoms with Crippen molar-refractivity contribution in [2.24, 2.45) is 0 Å². The van der Waals surface area contributed by atoms with Gasteiger partial charge in [0.15, 0.2) is 0 Å². The minimum Gasteiger partial charge on any atom is -0.350 e. The van der Waals surface area contributed by atoms with Crippen molar-refractivity contribution in [1.82, 2.24) is 10.0 Å². The van der Waals surface area contributed by atoms with E-state index in [1.165, 1.54) is 32.9 Å². The average molecular weight is 350 g/mol. The predicted octanol–water partition coefficient (Wildman–Crippen LogP) is 1.79. The Morgan fingerprint density at radius 3 is 2.70 bits per heavy atom. The molecule has 0 fully saturated rings. The second-order valence-electron chi connectivity index (χ2n) is 5.54.